The molecule has 0 fully saturated rings. The van der Waals surface area contributed by atoms with Gasteiger partial charge in [0, 0.05) is 31.8 Å². The fourth-order valence-corrected chi connectivity index (χ4v) is 4.04. The summed E-state index contributed by atoms with van der Waals surface area (Å²) in [6, 6.07) is -2.35. The predicted octanol–water partition coefficient (Wildman–Crippen LogP) is -0.908. The molecule has 6 amide bonds. The van der Waals surface area contributed by atoms with Crippen molar-refractivity contribution >= 4 is 45.7 Å². The second-order valence-corrected chi connectivity index (χ2v) is 12.4. The highest BCUT2D eigenvalue weighted by molar-refractivity contribution is 7.87. The lowest BCUT2D eigenvalue weighted by Gasteiger charge is -2.26. The molecule has 0 spiro atoms. The summed E-state index contributed by atoms with van der Waals surface area (Å²) in [5, 5.41) is 7.63. The molecule has 0 aromatic carbocycles. The molecule has 1 rings (SSSR count). The van der Waals surface area contributed by atoms with Crippen LogP contribution in [0.1, 0.15) is 48.0 Å². The first-order valence-electron chi connectivity index (χ1n) is 12.6. The van der Waals surface area contributed by atoms with E-state index in [4.69, 9.17) is 4.74 Å². The van der Waals surface area contributed by atoms with Gasteiger partial charge < -0.3 is 26.0 Å². The van der Waals surface area contributed by atoms with Crippen molar-refractivity contribution in [3.05, 3.63) is 12.2 Å². The van der Waals surface area contributed by atoms with E-state index in [1.807, 2.05) is 20.8 Å². The number of alkyl carbamates (subject to hydrolysis) is 1. The molecular weight excluding hydrogens is 550 g/mol. The highest BCUT2D eigenvalue weighted by Crippen LogP contribution is 2.13. The Morgan fingerprint density at radius 2 is 1.48 bits per heavy atom. The van der Waals surface area contributed by atoms with Gasteiger partial charge >= 0.3 is 6.09 Å². The number of ether oxygens (including phenoxy) is 1. The third-order valence-corrected chi connectivity index (χ3v) is 6.67. The molecule has 15 nitrogen and oxygen atoms in total. The van der Waals surface area contributed by atoms with Gasteiger partial charge in [-0.1, -0.05) is 34.6 Å². The fraction of sp³-hybridized carbons (Fsp3) is 0.667. The second-order valence-electron chi connectivity index (χ2n) is 10.8. The van der Waals surface area contributed by atoms with Crippen LogP contribution in [0.4, 0.5) is 4.79 Å². The van der Waals surface area contributed by atoms with Crippen molar-refractivity contribution < 1.29 is 46.5 Å². The monoisotopic (exact) mass is 589 g/mol. The summed E-state index contributed by atoms with van der Waals surface area (Å²) in [6.45, 7) is 10.1. The summed E-state index contributed by atoms with van der Waals surface area (Å²) in [4.78, 5) is 73.7. The van der Waals surface area contributed by atoms with Crippen LogP contribution in [0.25, 0.3) is 0 Å². The predicted molar refractivity (Wildman–Crippen MR) is 142 cm³/mol. The Hall–Kier alpha value is -3.53. The Morgan fingerprint density at radius 3 is 1.98 bits per heavy atom. The number of nitrogens with one attached hydrogen (secondary N) is 4. The lowest BCUT2D eigenvalue weighted by molar-refractivity contribution is -0.137. The molecule has 2 unspecified atom stereocenters. The van der Waals surface area contributed by atoms with Crippen LogP contribution in [0.3, 0.4) is 0 Å². The number of amides is 6. The van der Waals surface area contributed by atoms with Crippen molar-refractivity contribution in [2.45, 2.75) is 65.3 Å². The van der Waals surface area contributed by atoms with Gasteiger partial charge in [0.1, 0.15) is 12.1 Å². The van der Waals surface area contributed by atoms with Gasteiger partial charge in [-0.05, 0) is 24.7 Å². The van der Waals surface area contributed by atoms with Gasteiger partial charge in [0.15, 0.2) is 5.25 Å². The summed E-state index contributed by atoms with van der Waals surface area (Å²) < 4.78 is 38.4. The molecule has 5 N–H and O–H groups in total. The number of carbonyl (C=O) groups excluding carboxylic acids is 6. The average molecular weight is 590 g/mol. The van der Waals surface area contributed by atoms with Gasteiger partial charge in [0.25, 0.3) is 21.9 Å². The zero-order valence-corrected chi connectivity index (χ0v) is 24.3. The maximum Gasteiger partial charge on any atom is 0.407 e. The van der Waals surface area contributed by atoms with Crippen molar-refractivity contribution in [1.82, 2.24) is 26.2 Å². The molecule has 40 heavy (non-hydrogen) atoms. The molecule has 226 valence electrons. The summed E-state index contributed by atoms with van der Waals surface area (Å²) in [6.07, 6.45) is 0.728. The van der Waals surface area contributed by atoms with Crippen molar-refractivity contribution in [1.29, 1.82) is 0 Å². The molecule has 0 aliphatic carbocycles. The van der Waals surface area contributed by atoms with E-state index in [1.165, 1.54) is 6.92 Å². The standard InChI is InChI=1S/C24H39N5O10S/c1-14(2)19(28-21(33)16(40(36,37)38)9-12-29-17(30)7-8-18(29)31)22(34)27-15(3)20(32)25-10-11-26-23(35)39-13-24(4,5)6/h7-8,14-16,19H,9-13H2,1-6H3,(H,25,32)(H,26,35)(H,27,34)(H,28,33)(H,36,37,38)/t15-,16?,19?/m0/s1. The lowest BCUT2D eigenvalue weighted by Crippen LogP contribution is -2.57. The third kappa shape index (κ3) is 11.7. The molecular formula is C24H39N5O10S. The van der Waals surface area contributed by atoms with Gasteiger partial charge in [-0.25, -0.2) is 4.79 Å². The zero-order valence-electron chi connectivity index (χ0n) is 23.5. The second kappa shape index (κ2) is 14.7. The highest BCUT2D eigenvalue weighted by atomic mass is 32.2. The summed E-state index contributed by atoms with van der Waals surface area (Å²) >= 11 is 0. The first-order chi connectivity index (χ1) is 18.3. The molecule has 0 aromatic heterocycles. The van der Waals surface area contributed by atoms with Crippen LogP contribution in [-0.4, -0.2) is 97.1 Å². The topological polar surface area (TPSA) is 217 Å². The number of nitrogens with zero attached hydrogens (tertiary/aromatic N) is 1. The number of imide groups is 1. The summed E-state index contributed by atoms with van der Waals surface area (Å²) in [7, 11) is -4.97. The van der Waals surface area contributed by atoms with Crippen LogP contribution in [0.2, 0.25) is 0 Å². The molecule has 3 atom stereocenters. The Morgan fingerprint density at radius 1 is 0.925 bits per heavy atom. The average Bonchev–Trinajstić information content (AvgIpc) is 3.14. The Kier molecular flexibility index (Phi) is 12.7. The Labute approximate surface area is 233 Å². The fourth-order valence-electron chi connectivity index (χ4n) is 3.30. The van der Waals surface area contributed by atoms with Crippen molar-refractivity contribution in [3.8, 4) is 0 Å². The SMILES string of the molecule is CC(C)C(NC(=O)C(CCN1C(=O)C=CC1=O)S(=O)(=O)O)C(=O)N[C@@H](C)C(=O)NCCNC(=O)OCC(C)(C)C. The maximum atomic E-state index is 12.8. The van der Waals surface area contributed by atoms with Crippen LogP contribution in [0, 0.1) is 11.3 Å². The van der Waals surface area contributed by atoms with Gasteiger partial charge in [0.2, 0.25) is 17.7 Å². The molecule has 1 heterocycles. The lowest BCUT2D eigenvalue weighted by atomic mass is 9.99. The zero-order chi connectivity index (χ0) is 30.8. The number of hydrogen-bond donors (Lipinski definition) is 5. The van der Waals surface area contributed by atoms with Crippen LogP contribution in [0.5, 0.6) is 0 Å². The minimum atomic E-state index is -4.97. The normalized spacial score (nSPS) is 15.8. The van der Waals surface area contributed by atoms with Gasteiger partial charge in [-0.15, -0.1) is 0 Å². The first-order valence-corrected chi connectivity index (χ1v) is 14.1. The minimum absolute atomic E-state index is 0.0432. The van der Waals surface area contributed by atoms with Crippen LogP contribution in [-0.2, 0) is 38.8 Å². The minimum Gasteiger partial charge on any atom is -0.449 e. The van der Waals surface area contributed by atoms with E-state index in [2.05, 4.69) is 21.3 Å². The van der Waals surface area contributed by atoms with E-state index in [0.29, 0.717) is 4.90 Å². The largest absolute Gasteiger partial charge is 0.449 e. The van der Waals surface area contributed by atoms with Crippen molar-refractivity contribution in [2.24, 2.45) is 11.3 Å². The molecule has 0 radical (unpaired) electrons. The third-order valence-electron chi connectivity index (χ3n) is 5.50. The molecule has 0 bridgehead atoms. The van der Waals surface area contributed by atoms with Crippen molar-refractivity contribution in [2.75, 3.05) is 26.2 Å². The quantitative estimate of drug-likeness (QED) is 0.0954. The number of hydrogen-bond acceptors (Lipinski definition) is 9. The van der Waals surface area contributed by atoms with E-state index in [0.717, 1.165) is 12.2 Å². The van der Waals surface area contributed by atoms with Gasteiger partial charge in [0.05, 0.1) is 6.61 Å². The first kappa shape index (κ1) is 34.5. The van der Waals surface area contributed by atoms with Crippen LogP contribution >= 0.6 is 0 Å². The molecule has 1 aliphatic heterocycles. The van der Waals surface area contributed by atoms with E-state index in [9.17, 15) is 41.7 Å². The smallest absolute Gasteiger partial charge is 0.407 e. The van der Waals surface area contributed by atoms with Gasteiger partial charge in [-0.2, -0.15) is 8.42 Å². The van der Waals surface area contributed by atoms with Crippen molar-refractivity contribution in [3.63, 3.8) is 0 Å². The Bertz CT molecular complexity index is 1100. The molecule has 16 heteroatoms. The van der Waals surface area contributed by atoms with Crippen LogP contribution < -0.4 is 21.3 Å². The number of carbonyl (C=O) groups is 6. The van der Waals surface area contributed by atoms with E-state index in [1.54, 1.807) is 13.8 Å². The summed E-state index contributed by atoms with van der Waals surface area (Å²) in [5.41, 5.74) is -0.202. The molecule has 0 saturated carbocycles. The number of rotatable bonds is 14. The van der Waals surface area contributed by atoms with Crippen LogP contribution in [0.15, 0.2) is 12.2 Å². The molecule has 0 saturated heterocycles. The molecule has 1 aliphatic rings. The van der Waals surface area contributed by atoms with E-state index in [-0.39, 0.29) is 25.1 Å². The molecule has 0 aromatic rings. The van der Waals surface area contributed by atoms with E-state index < -0.39 is 82.0 Å². The Balaban J connectivity index is 2.66. The van der Waals surface area contributed by atoms with E-state index >= 15 is 0 Å². The summed E-state index contributed by atoms with van der Waals surface area (Å²) in [5.74, 6) is -4.54. The highest BCUT2D eigenvalue weighted by Gasteiger charge is 2.36. The van der Waals surface area contributed by atoms with Gasteiger partial charge in [-0.3, -0.25) is 33.4 Å². The maximum absolute atomic E-state index is 12.8.